The Morgan fingerprint density at radius 3 is 2.70 bits per heavy atom. The van der Waals surface area contributed by atoms with Crippen LogP contribution in [-0.2, 0) is 16.8 Å². The molecule has 0 unspecified atom stereocenters. The largest absolute Gasteiger partial charge is 0.355 e. The molecule has 3 aromatic rings. The molecule has 0 atom stereocenters. The minimum Gasteiger partial charge on any atom is -0.355 e. The normalized spacial score (nSPS) is 15.9. The molecule has 1 fully saturated rings. The Kier molecular flexibility index (Phi) is 4.97. The molecular weight excluding hydrogens is 334 g/mol. The summed E-state index contributed by atoms with van der Waals surface area (Å²) in [7, 11) is 0. The van der Waals surface area contributed by atoms with Gasteiger partial charge in [-0.15, -0.1) is 0 Å². The molecule has 1 amide bonds. The van der Waals surface area contributed by atoms with E-state index in [1.807, 2.05) is 10.9 Å². The van der Waals surface area contributed by atoms with Crippen LogP contribution in [-0.4, -0.2) is 22.2 Å². The first-order chi connectivity index (χ1) is 13.2. The van der Waals surface area contributed by atoms with E-state index in [4.69, 9.17) is 0 Å². The number of hydrogen-bond acceptors (Lipinski definition) is 2. The van der Waals surface area contributed by atoms with Crippen LogP contribution >= 0.6 is 0 Å². The summed E-state index contributed by atoms with van der Waals surface area (Å²) in [4.78, 5) is 12.5. The van der Waals surface area contributed by atoms with Gasteiger partial charge in [0.05, 0.1) is 18.3 Å². The summed E-state index contributed by atoms with van der Waals surface area (Å²) in [5.41, 5.74) is 3.77. The topological polar surface area (TPSA) is 46.9 Å². The summed E-state index contributed by atoms with van der Waals surface area (Å²) in [6, 6.07) is 17.0. The standard InChI is InChI=1S/C23H27N3O/c1-18-9-10-21-19(15-18)16-25-26(21)14-11-22(27)24-17-23(12-5-6-13-23)20-7-3-2-4-8-20/h2-4,7-10,15-16H,5-6,11-14,17H2,1H3,(H,24,27). The van der Waals surface area contributed by atoms with Crippen LogP contribution in [0.2, 0.25) is 0 Å². The van der Waals surface area contributed by atoms with E-state index in [9.17, 15) is 4.79 Å². The van der Waals surface area contributed by atoms with Crippen molar-refractivity contribution in [2.45, 2.75) is 51.0 Å². The van der Waals surface area contributed by atoms with Gasteiger partial charge in [0.2, 0.25) is 5.91 Å². The number of rotatable bonds is 6. The summed E-state index contributed by atoms with van der Waals surface area (Å²) in [5.74, 6) is 0.105. The molecule has 0 bridgehead atoms. The van der Waals surface area contributed by atoms with Crippen molar-refractivity contribution in [1.29, 1.82) is 0 Å². The van der Waals surface area contributed by atoms with Crippen LogP contribution in [0.5, 0.6) is 0 Å². The first-order valence-corrected chi connectivity index (χ1v) is 9.91. The van der Waals surface area contributed by atoms with Gasteiger partial charge in [-0.1, -0.05) is 54.8 Å². The molecule has 1 N–H and O–H groups in total. The highest BCUT2D eigenvalue weighted by molar-refractivity contribution is 5.80. The lowest BCUT2D eigenvalue weighted by molar-refractivity contribution is -0.121. The molecule has 1 aromatic heterocycles. The number of carbonyl (C=O) groups is 1. The first-order valence-electron chi connectivity index (χ1n) is 9.91. The van der Waals surface area contributed by atoms with Crippen molar-refractivity contribution in [1.82, 2.24) is 15.1 Å². The van der Waals surface area contributed by atoms with Crippen molar-refractivity contribution in [2.75, 3.05) is 6.54 Å². The molecule has 1 aliphatic carbocycles. The predicted molar refractivity (Wildman–Crippen MR) is 109 cm³/mol. The van der Waals surface area contributed by atoms with Gasteiger partial charge in [-0.05, 0) is 37.5 Å². The minimum absolute atomic E-state index is 0.104. The van der Waals surface area contributed by atoms with Crippen LogP contribution in [0.1, 0.15) is 43.2 Å². The molecule has 0 aliphatic heterocycles. The Hall–Kier alpha value is -2.62. The summed E-state index contributed by atoms with van der Waals surface area (Å²) in [5, 5.41) is 8.78. The summed E-state index contributed by atoms with van der Waals surface area (Å²) in [6.07, 6.45) is 7.12. The van der Waals surface area contributed by atoms with Gasteiger partial charge in [0.25, 0.3) is 0 Å². The van der Waals surface area contributed by atoms with Crippen LogP contribution in [0, 0.1) is 6.92 Å². The van der Waals surface area contributed by atoms with Crippen LogP contribution in [0.3, 0.4) is 0 Å². The highest BCUT2D eigenvalue weighted by Crippen LogP contribution is 2.40. The second-order valence-corrected chi connectivity index (χ2v) is 7.81. The van der Waals surface area contributed by atoms with Gasteiger partial charge < -0.3 is 5.32 Å². The van der Waals surface area contributed by atoms with Crippen molar-refractivity contribution >= 4 is 16.8 Å². The average molecular weight is 361 g/mol. The van der Waals surface area contributed by atoms with Gasteiger partial charge in [-0.3, -0.25) is 9.48 Å². The van der Waals surface area contributed by atoms with E-state index in [0.29, 0.717) is 13.0 Å². The first kappa shape index (κ1) is 17.8. The molecule has 0 saturated heterocycles. The molecule has 1 saturated carbocycles. The maximum Gasteiger partial charge on any atom is 0.221 e. The maximum atomic E-state index is 12.5. The summed E-state index contributed by atoms with van der Waals surface area (Å²) in [6.45, 7) is 3.42. The third-order valence-corrected chi connectivity index (χ3v) is 5.92. The Morgan fingerprint density at radius 1 is 1.15 bits per heavy atom. The highest BCUT2D eigenvalue weighted by Gasteiger charge is 2.35. The predicted octanol–water partition coefficient (Wildman–Crippen LogP) is 4.36. The van der Waals surface area contributed by atoms with Gasteiger partial charge >= 0.3 is 0 Å². The van der Waals surface area contributed by atoms with Crippen molar-refractivity contribution in [2.24, 2.45) is 0 Å². The molecule has 4 nitrogen and oxygen atoms in total. The zero-order valence-corrected chi connectivity index (χ0v) is 15.9. The van der Waals surface area contributed by atoms with Crippen LogP contribution in [0.25, 0.3) is 10.9 Å². The number of benzene rings is 2. The number of carbonyl (C=O) groups excluding carboxylic acids is 1. The molecule has 27 heavy (non-hydrogen) atoms. The quantitative estimate of drug-likeness (QED) is 0.709. The van der Waals surface area contributed by atoms with Gasteiger partial charge in [0.15, 0.2) is 0 Å². The lowest BCUT2D eigenvalue weighted by atomic mass is 9.79. The number of nitrogens with zero attached hydrogens (tertiary/aromatic N) is 2. The number of fused-ring (bicyclic) bond motifs is 1. The smallest absolute Gasteiger partial charge is 0.221 e. The van der Waals surface area contributed by atoms with E-state index in [2.05, 4.69) is 65.9 Å². The highest BCUT2D eigenvalue weighted by atomic mass is 16.1. The van der Waals surface area contributed by atoms with E-state index >= 15 is 0 Å². The molecule has 2 aromatic carbocycles. The maximum absolute atomic E-state index is 12.5. The summed E-state index contributed by atoms with van der Waals surface area (Å²) >= 11 is 0. The molecule has 1 aliphatic rings. The van der Waals surface area contributed by atoms with Crippen molar-refractivity contribution in [3.05, 3.63) is 65.9 Å². The second kappa shape index (κ2) is 7.55. The minimum atomic E-state index is 0.104. The lowest BCUT2D eigenvalue weighted by Gasteiger charge is -2.30. The van der Waals surface area contributed by atoms with E-state index in [0.717, 1.165) is 30.3 Å². The van der Waals surface area contributed by atoms with Gasteiger partial charge in [0.1, 0.15) is 0 Å². The fourth-order valence-corrected chi connectivity index (χ4v) is 4.36. The third kappa shape index (κ3) is 3.75. The van der Waals surface area contributed by atoms with Crippen LogP contribution < -0.4 is 5.32 Å². The fraction of sp³-hybridized carbons (Fsp3) is 0.391. The number of aromatic nitrogens is 2. The van der Waals surface area contributed by atoms with Crippen molar-refractivity contribution < 1.29 is 4.79 Å². The molecule has 4 rings (SSSR count). The van der Waals surface area contributed by atoms with E-state index in [-0.39, 0.29) is 11.3 Å². The van der Waals surface area contributed by atoms with E-state index in [1.54, 1.807) is 0 Å². The Bertz CT molecular complexity index is 923. The van der Waals surface area contributed by atoms with Gasteiger partial charge in [-0.25, -0.2) is 0 Å². The lowest BCUT2D eigenvalue weighted by Crippen LogP contribution is -2.39. The number of nitrogens with one attached hydrogen (secondary N) is 1. The third-order valence-electron chi connectivity index (χ3n) is 5.92. The number of aryl methyl sites for hydroxylation is 2. The van der Waals surface area contributed by atoms with Crippen molar-refractivity contribution in [3.63, 3.8) is 0 Å². The fourth-order valence-electron chi connectivity index (χ4n) is 4.36. The Morgan fingerprint density at radius 2 is 1.93 bits per heavy atom. The van der Waals surface area contributed by atoms with Gasteiger partial charge in [-0.2, -0.15) is 5.10 Å². The zero-order chi connectivity index (χ0) is 18.7. The van der Waals surface area contributed by atoms with Crippen LogP contribution in [0.15, 0.2) is 54.7 Å². The molecule has 1 heterocycles. The van der Waals surface area contributed by atoms with Crippen molar-refractivity contribution in [3.8, 4) is 0 Å². The monoisotopic (exact) mass is 361 g/mol. The molecule has 0 spiro atoms. The Labute approximate surface area is 160 Å². The molecule has 0 radical (unpaired) electrons. The Balaban J connectivity index is 1.37. The van der Waals surface area contributed by atoms with Gasteiger partial charge in [0, 0.05) is 23.8 Å². The summed E-state index contributed by atoms with van der Waals surface area (Å²) < 4.78 is 1.93. The zero-order valence-electron chi connectivity index (χ0n) is 15.9. The van der Waals surface area contributed by atoms with E-state index < -0.39 is 0 Å². The van der Waals surface area contributed by atoms with E-state index in [1.165, 1.54) is 24.0 Å². The SMILES string of the molecule is Cc1ccc2c(cnn2CCC(=O)NCC2(c3ccccc3)CCCC2)c1. The molecular formula is C23H27N3O. The average Bonchev–Trinajstić information content (AvgIpc) is 3.33. The molecule has 140 valence electrons. The second-order valence-electron chi connectivity index (χ2n) is 7.81. The van der Waals surface area contributed by atoms with Crippen LogP contribution in [0.4, 0.5) is 0 Å². The molecule has 4 heteroatoms. The number of amides is 1. The number of hydrogen-bond donors (Lipinski definition) is 1.